The van der Waals surface area contributed by atoms with Gasteiger partial charge in [-0.15, -0.1) is 0 Å². The molecule has 1 unspecified atom stereocenters. The van der Waals surface area contributed by atoms with Crippen LogP contribution in [0.2, 0.25) is 0 Å². The Morgan fingerprint density at radius 2 is 2.05 bits per heavy atom. The lowest BCUT2D eigenvalue weighted by Crippen LogP contribution is -2.31. The quantitative estimate of drug-likeness (QED) is 0.836. The number of fused-ring (bicyclic) bond motifs is 1. The number of allylic oxidation sites excluding steroid dienone is 6. The molecule has 114 valence electrons. The fourth-order valence-corrected chi connectivity index (χ4v) is 4.08. The molecule has 0 bridgehead atoms. The highest BCUT2D eigenvalue weighted by Crippen LogP contribution is 2.63. The van der Waals surface area contributed by atoms with Crippen molar-refractivity contribution in [1.82, 2.24) is 0 Å². The van der Waals surface area contributed by atoms with Gasteiger partial charge in [-0.25, -0.2) is 0 Å². The fourth-order valence-electron chi connectivity index (χ4n) is 4.08. The first kappa shape index (κ1) is 14.7. The molecule has 0 saturated heterocycles. The average Bonchev–Trinajstić information content (AvgIpc) is 3.20. The standard InChI is InChI=1S/C18H24O3/c1-10-8-15-16(14(10)5-4-13(20)9-19)11(2)18(6-7-18)12(3)17(15)21/h8,12-13,19-20H,4-7,9H2,1-3H3/t12-,13?/m1/s1. The molecule has 0 heterocycles. The lowest BCUT2D eigenvalue weighted by Gasteiger charge is -2.32. The molecule has 3 aliphatic carbocycles. The molecule has 0 amide bonds. The van der Waals surface area contributed by atoms with Gasteiger partial charge in [0.05, 0.1) is 12.7 Å². The van der Waals surface area contributed by atoms with Crippen molar-refractivity contribution in [2.24, 2.45) is 11.3 Å². The number of aliphatic hydroxyl groups is 2. The molecular weight excluding hydrogens is 264 g/mol. The van der Waals surface area contributed by atoms with E-state index >= 15 is 0 Å². The third kappa shape index (κ3) is 2.06. The van der Waals surface area contributed by atoms with E-state index in [4.69, 9.17) is 5.11 Å². The molecule has 3 rings (SSSR count). The van der Waals surface area contributed by atoms with Crippen LogP contribution in [0.4, 0.5) is 0 Å². The van der Waals surface area contributed by atoms with Crippen LogP contribution < -0.4 is 0 Å². The van der Waals surface area contributed by atoms with E-state index in [0.717, 1.165) is 36.0 Å². The number of carbonyl (C=O) groups is 1. The van der Waals surface area contributed by atoms with Crippen molar-refractivity contribution in [3.63, 3.8) is 0 Å². The van der Waals surface area contributed by atoms with Gasteiger partial charge in [-0.1, -0.05) is 12.5 Å². The van der Waals surface area contributed by atoms with E-state index in [1.807, 2.05) is 13.0 Å². The summed E-state index contributed by atoms with van der Waals surface area (Å²) in [5.74, 6) is 0.382. The minimum Gasteiger partial charge on any atom is -0.394 e. The summed E-state index contributed by atoms with van der Waals surface area (Å²) in [5, 5.41) is 18.6. The Morgan fingerprint density at radius 3 is 2.62 bits per heavy atom. The van der Waals surface area contributed by atoms with E-state index in [9.17, 15) is 9.90 Å². The van der Waals surface area contributed by atoms with Gasteiger partial charge < -0.3 is 10.2 Å². The highest BCUT2D eigenvalue weighted by atomic mass is 16.3. The number of aliphatic hydroxyl groups excluding tert-OH is 2. The number of Topliss-reactive ketones (excluding diaryl/α,β-unsaturated/α-hetero) is 1. The van der Waals surface area contributed by atoms with Gasteiger partial charge in [0.2, 0.25) is 0 Å². The first-order valence-corrected chi connectivity index (χ1v) is 7.89. The molecule has 1 saturated carbocycles. The molecule has 0 aromatic carbocycles. The van der Waals surface area contributed by atoms with Crippen LogP contribution in [0.3, 0.4) is 0 Å². The smallest absolute Gasteiger partial charge is 0.167 e. The van der Waals surface area contributed by atoms with Gasteiger partial charge in [0.15, 0.2) is 5.78 Å². The van der Waals surface area contributed by atoms with Crippen molar-refractivity contribution >= 4 is 5.78 Å². The van der Waals surface area contributed by atoms with Crippen LogP contribution in [0.1, 0.15) is 46.5 Å². The second-order valence-electron chi connectivity index (χ2n) is 6.84. The largest absolute Gasteiger partial charge is 0.394 e. The van der Waals surface area contributed by atoms with Crippen LogP contribution in [-0.4, -0.2) is 28.7 Å². The van der Waals surface area contributed by atoms with Crippen LogP contribution in [0.15, 0.2) is 33.9 Å². The Morgan fingerprint density at radius 1 is 1.38 bits per heavy atom. The molecule has 2 N–H and O–H groups in total. The third-order valence-electron chi connectivity index (χ3n) is 5.74. The van der Waals surface area contributed by atoms with E-state index in [1.165, 1.54) is 11.1 Å². The molecule has 0 aliphatic heterocycles. The van der Waals surface area contributed by atoms with Crippen LogP contribution in [-0.2, 0) is 4.79 Å². The minimum absolute atomic E-state index is 0.0997. The van der Waals surface area contributed by atoms with Crippen molar-refractivity contribution in [3.8, 4) is 0 Å². The van der Waals surface area contributed by atoms with E-state index in [1.54, 1.807) is 0 Å². The maximum absolute atomic E-state index is 12.7. The zero-order valence-corrected chi connectivity index (χ0v) is 13.1. The summed E-state index contributed by atoms with van der Waals surface area (Å²) in [6.45, 7) is 6.09. The van der Waals surface area contributed by atoms with Crippen LogP contribution in [0.25, 0.3) is 0 Å². The number of hydrogen-bond acceptors (Lipinski definition) is 3. The first-order valence-electron chi connectivity index (χ1n) is 7.89. The molecule has 0 aromatic heterocycles. The topological polar surface area (TPSA) is 57.5 Å². The molecule has 1 spiro atoms. The molecule has 3 nitrogen and oxygen atoms in total. The maximum atomic E-state index is 12.7. The van der Waals surface area contributed by atoms with Gasteiger partial charge in [-0.3, -0.25) is 4.79 Å². The van der Waals surface area contributed by atoms with Crippen molar-refractivity contribution < 1.29 is 15.0 Å². The lowest BCUT2D eigenvalue weighted by molar-refractivity contribution is -0.120. The molecule has 21 heavy (non-hydrogen) atoms. The molecule has 0 radical (unpaired) electrons. The monoisotopic (exact) mass is 288 g/mol. The number of carbonyl (C=O) groups excluding carboxylic acids is 1. The molecular formula is C18H24O3. The van der Waals surface area contributed by atoms with Crippen LogP contribution >= 0.6 is 0 Å². The minimum atomic E-state index is -0.677. The van der Waals surface area contributed by atoms with E-state index in [-0.39, 0.29) is 23.7 Å². The van der Waals surface area contributed by atoms with Crippen molar-refractivity contribution in [2.45, 2.75) is 52.6 Å². The summed E-state index contributed by atoms with van der Waals surface area (Å²) in [6, 6.07) is 0. The van der Waals surface area contributed by atoms with E-state index in [2.05, 4.69) is 13.8 Å². The number of ketones is 1. The Kier molecular flexibility index (Phi) is 3.45. The Balaban J connectivity index is 1.96. The summed E-state index contributed by atoms with van der Waals surface area (Å²) in [5.41, 5.74) is 5.84. The van der Waals surface area contributed by atoms with Crippen LogP contribution in [0, 0.1) is 11.3 Å². The molecule has 2 atom stereocenters. The Labute approximate surface area is 126 Å². The maximum Gasteiger partial charge on any atom is 0.167 e. The second-order valence-corrected chi connectivity index (χ2v) is 6.84. The second kappa shape index (κ2) is 4.92. The predicted octanol–water partition coefficient (Wildman–Crippen LogP) is 2.69. The van der Waals surface area contributed by atoms with Gasteiger partial charge in [0, 0.05) is 16.9 Å². The van der Waals surface area contributed by atoms with Crippen molar-refractivity contribution in [1.29, 1.82) is 0 Å². The normalized spacial score (nSPS) is 28.1. The molecule has 3 aliphatic rings. The fraction of sp³-hybridized carbons (Fsp3) is 0.611. The zero-order valence-electron chi connectivity index (χ0n) is 13.1. The van der Waals surface area contributed by atoms with E-state index < -0.39 is 6.10 Å². The zero-order chi connectivity index (χ0) is 15.4. The summed E-state index contributed by atoms with van der Waals surface area (Å²) in [6.07, 6.45) is 4.84. The van der Waals surface area contributed by atoms with Crippen molar-refractivity contribution in [2.75, 3.05) is 6.61 Å². The SMILES string of the molecule is CC1=C(CCC(O)CO)C2=C(C)C3(CC3)[C@H](C)C(=O)C2=C1. The summed E-state index contributed by atoms with van der Waals surface area (Å²) < 4.78 is 0. The lowest BCUT2D eigenvalue weighted by atomic mass is 9.70. The Hall–Kier alpha value is -1.19. The third-order valence-corrected chi connectivity index (χ3v) is 5.74. The predicted molar refractivity (Wildman–Crippen MR) is 81.6 cm³/mol. The van der Waals surface area contributed by atoms with Gasteiger partial charge in [0.25, 0.3) is 0 Å². The summed E-state index contributed by atoms with van der Waals surface area (Å²) in [7, 11) is 0. The number of hydrogen-bond donors (Lipinski definition) is 2. The first-order chi connectivity index (χ1) is 9.92. The van der Waals surface area contributed by atoms with Crippen molar-refractivity contribution in [3.05, 3.63) is 33.9 Å². The van der Waals surface area contributed by atoms with Gasteiger partial charge >= 0.3 is 0 Å². The van der Waals surface area contributed by atoms with Gasteiger partial charge in [0.1, 0.15) is 0 Å². The highest BCUT2D eigenvalue weighted by Gasteiger charge is 2.56. The highest BCUT2D eigenvalue weighted by molar-refractivity contribution is 6.07. The molecule has 1 fully saturated rings. The van der Waals surface area contributed by atoms with E-state index in [0.29, 0.717) is 6.42 Å². The van der Waals surface area contributed by atoms with Crippen LogP contribution in [0.5, 0.6) is 0 Å². The average molecular weight is 288 g/mol. The molecule has 0 aromatic rings. The van der Waals surface area contributed by atoms with Gasteiger partial charge in [-0.2, -0.15) is 0 Å². The number of rotatable bonds is 4. The van der Waals surface area contributed by atoms with Gasteiger partial charge in [-0.05, 0) is 62.3 Å². The summed E-state index contributed by atoms with van der Waals surface area (Å²) in [4.78, 5) is 12.7. The molecule has 3 heteroatoms. The Bertz CT molecular complexity index is 588. The summed E-state index contributed by atoms with van der Waals surface area (Å²) >= 11 is 0.